The third-order valence-electron chi connectivity index (χ3n) is 4.52. The van der Waals surface area contributed by atoms with Gasteiger partial charge in [-0.25, -0.2) is 9.67 Å². The van der Waals surface area contributed by atoms with Crippen LogP contribution in [0, 0.1) is 22.7 Å². The van der Waals surface area contributed by atoms with Crippen molar-refractivity contribution in [3.8, 4) is 6.07 Å². The molecule has 3 heterocycles. The molecule has 2 aromatic heterocycles. The van der Waals surface area contributed by atoms with E-state index < -0.39 is 12.0 Å². The summed E-state index contributed by atoms with van der Waals surface area (Å²) in [4.78, 5) is 22.5. The van der Waals surface area contributed by atoms with Crippen LogP contribution >= 0.6 is 0 Å². The Balaban J connectivity index is 1.82. The van der Waals surface area contributed by atoms with Crippen molar-refractivity contribution in [2.24, 2.45) is 11.3 Å². The van der Waals surface area contributed by atoms with Crippen LogP contribution in [0.15, 0.2) is 24.7 Å². The second-order valence-corrected chi connectivity index (χ2v) is 6.29. The van der Waals surface area contributed by atoms with E-state index in [1.807, 2.05) is 13.8 Å². The zero-order valence-electron chi connectivity index (χ0n) is 14.2. The molecule has 3 rings (SSSR count). The molecule has 0 aromatic carbocycles. The molecule has 1 amide bonds. The molecule has 0 saturated carbocycles. The second-order valence-electron chi connectivity index (χ2n) is 6.29. The van der Waals surface area contributed by atoms with Crippen LogP contribution in [0.2, 0.25) is 0 Å². The van der Waals surface area contributed by atoms with Crippen molar-refractivity contribution in [1.29, 1.82) is 5.26 Å². The number of alkyl halides is 2. The summed E-state index contributed by atoms with van der Waals surface area (Å²) in [5.41, 5.74) is -0.763. The average molecular weight is 361 g/mol. The first kappa shape index (κ1) is 17.7. The number of amides is 1. The highest BCUT2D eigenvalue weighted by Crippen LogP contribution is 2.40. The zero-order chi connectivity index (χ0) is 18.9. The molecule has 0 aliphatic carbocycles. The molecule has 0 spiro atoms. The van der Waals surface area contributed by atoms with E-state index >= 15 is 0 Å². The van der Waals surface area contributed by atoms with Gasteiger partial charge in [0.15, 0.2) is 0 Å². The van der Waals surface area contributed by atoms with Gasteiger partial charge in [0.05, 0.1) is 24.2 Å². The third-order valence-corrected chi connectivity index (χ3v) is 4.52. The molecular weight excluding hydrogens is 344 g/mol. The van der Waals surface area contributed by atoms with Crippen LogP contribution in [-0.2, 0) is 4.79 Å². The van der Waals surface area contributed by atoms with Gasteiger partial charge in [0, 0.05) is 12.7 Å². The normalized spacial score (nSPS) is 20.0. The van der Waals surface area contributed by atoms with Crippen LogP contribution in [0.3, 0.4) is 0 Å². The third kappa shape index (κ3) is 2.96. The lowest BCUT2D eigenvalue weighted by Crippen LogP contribution is -2.37. The Bertz CT molecular complexity index is 860. The first-order valence-corrected chi connectivity index (χ1v) is 8.03. The summed E-state index contributed by atoms with van der Waals surface area (Å²) in [6.45, 7) is 1.33. The lowest BCUT2D eigenvalue weighted by molar-refractivity contribution is -0.124. The maximum absolute atomic E-state index is 12.8. The number of carbonyl (C=O) groups excluding carboxylic acids is 1. The summed E-state index contributed by atoms with van der Waals surface area (Å²) in [5, 5.41) is 15.8. The number of halogens is 2. The fourth-order valence-electron chi connectivity index (χ4n) is 2.92. The molecule has 1 aliphatic rings. The zero-order valence-corrected chi connectivity index (χ0v) is 14.2. The van der Waals surface area contributed by atoms with Gasteiger partial charge >= 0.3 is 6.55 Å². The predicted octanol–water partition coefficient (Wildman–Crippen LogP) is 2.71. The first-order chi connectivity index (χ1) is 12.4. The smallest absolute Gasteiger partial charge is 0.321 e. The summed E-state index contributed by atoms with van der Waals surface area (Å²) in [6.07, 6.45) is 4.23. The Morgan fingerprint density at radius 2 is 2.19 bits per heavy atom. The van der Waals surface area contributed by atoms with Crippen LogP contribution in [0.1, 0.15) is 26.8 Å². The van der Waals surface area contributed by atoms with Crippen molar-refractivity contribution in [2.75, 3.05) is 16.8 Å². The van der Waals surface area contributed by atoms with Gasteiger partial charge in [-0.2, -0.15) is 24.1 Å². The van der Waals surface area contributed by atoms with E-state index in [1.54, 1.807) is 6.07 Å². The number of hydrogen-bond donors (Lipinski definition) is 1. The van der Waals surface area contributed by atoms with Gasteiger partial charge in [0.2, 0.25) is 11.9 Å². The molecule has 1 saturated heterocycles. The van der Waals surface area contributed by atoms with Crippen LogP contribution in [0.4, 0.5) is 26.2 Å². The van der Waals surface area contributed by atoms with Crippen molar-refractivity contribution in [3.63, 3.8) is 0 Å². The summed E-state index contributed by atoms with van der Waals surface area (Å²) in [6, 6.07) is 3.73. The molecule has 2 aromatic rings. The number of aromatic nitrogens is 4. The Kier molecular flexibility index (Phi) is 4.54. The minimum Gasteiger partial charge on any atom is -0.321 e. The number of nitrogens with one attached hydrogen (secondary N) is 1. The quantitative estimate of drug-likeness (QED) is 0.879. The molecule has 1 atom stereocenters. The molecule has 1 aliphatic heterocycles. The minimum absolute atomic E-state index is 0.121. The van der Waals surface area contributed by atoms with E-state index in [1.165, 1.54) is 17.3 Å². The average Bonchev–Trinajstić information content (AvgIpc) is 3.20. The molecule has 1 fully saturated rings. The summed E-state index contributed by atoms with van der Waals surface area (Å²) in [5.74, 6) is 0.0874. The first-order valence-electron chi connectivity index (χ1n) is 8.03. The highest BCUT2D eigenvalue weighted by Gasteiger charge is 2.50. The van der Waals surface area contributed by atoms with Gasteiger partial charge in [-0.05, 0) is 18.4 Å². The number of nitrogens with zero attached hydrogens (tertiary/aromatic N) is 6. The van der Waals surface area contributed by atoms with Crippen LogP contribution in [-0.4, -0.2) is 32.2 Å². The van der Waals surface area contributed by atoms with Gasteiger partial charge in [-0.3, -0.25) is 9.69 Å². The van der Waals surface area contributed by atoms with Gasteiger partial charge in [-0.1, -0.05) is 13.8 Å². The van der Waals surface area contributed by atoms with Crippen molar-refractivity contribution >= 4 is 23.4 Å². The Morgan fingerprint density at radius 3 is 2.77 bits per heavy atom. The van der Waals surface area contributed by atoms with Crippen molar-refractivity contribution in [1.82, 2.24) is 19.7 Å². The molecule has 8 nitrogen and oxygen atoms in total. The maximum atomic E-state index is 12.8. The second kappa shape index (κ2) is 6.67. The SMILES string of the molecule is CC(C)[C@]1(C#N)CCN(c2ccnc(Nc3cnn(C(F)F)c3)n2)C1=O. The molecule has 1 N–H and O–H groups in total. The van der Waals surface area contributed by atoms with Crippen LogP contribution in [0.5, 0.6) is 0 Å². The fourth-order valence-corrected chi connectivity index (χ4v) is 2.92. The fraction of sp³-hybridized carbons (Fsp3) is 0.438. The summed E-state index contributed by atoms with van der Waals surface area (Å²) < 4.78 is 25.6. The number of rotatable bonds is 5. The lowest BCUT2D eigenvalue weighted by Gasteiger charge is -2.24. The van der Waals surface area contributed by atoms with E-state index in [0.29, 0.717) is 29.2 Å². The predicted molar refractivity (Wildman–Crippen MR) is 88.6 cm³/mol. The number of hydrogen-bond acceptors (Lipinski definition) is 6. The van der Waals surface area contributed by atoms with E-state index in [4.69, 9.17) is 0 Å². The number of nitriles is 1. The van der Waals surface area contributed by atoms with Crippen molar-refractivity contribution in [3.05, 3.63) is 24.7 Å². The number of carbonyl (C=O) groups is 1. The van der Waals surface area contributed by atoms with E-state index in [2.05, 4.69) is 26.5 Å². The molecule has 136 valence electrons. The monoisotopic (exact) mass is 361 g/mol. The van der Waals surface area contributed by atoms with Gasteiger partial charge in [0.25, 0.3) is 0 Å². The molecule has 0 unspecified atom stereocenters. The molecule has 10 heteroatoms. The Morgan fingerprint density at radius 1 is 1.42 bits per heavy atom. The van der Waals surface area contributed by atoms with Crippen LogP contribution in [0.25, 0.3) is 0 Å². The molecular formula is C16H17F2N7O. The highest BCUT2D eigenvalue weighted by atomic mass is 19.3. The number of anilines is 3. The van der Waals surface area contributed by atoms with Crippen LogP contribution < -0.4 is 10.2 Å². The standard InChI is InChI=1S/C16H17F2N7O/c1-10(2)16(9-19)4-6-24(13(16)26)12-3-5-20-15(23-12)22-11-7-21-25(8-11)14(17)18/h3,5,7-8,10,14H,4,6H2,1-2H3,(H,20,22,23)/t16-/m1/s1. The molecule has 0 bridgehead atoms. The van der Waals surface area contributed by atoms with Gasteiger partial charge < -0.3 is 5.32 Å². The van der Waals surface area contributed by atoms with E-state index in [0.717, 1.165) is 6.20 Å². The minimum atomic E-state index is -2.74. The summed E-state index contributed by atoms with van der Waals surface area (Å²) >= 11 is 0. The Labute approximate surface area is 148 Å². The van der Waals surface area contributed by atoms with Gasteiger partial charge in [-0.15, -0.1) is 0 Å². The van der Waals surface area contributed by atoms with Gasteiger partial charge in [0.1, 0.15) is 11.2 Å². The summed E-state index contributed by atoms with van der Waals surface area (Å²) in [7, 11) is 0. The van der Waals surface area contributed by atoms with E-state index in [9.17, 15) is 18.8 Å². The molecule has 26 heavy (non-hydrogen) atoms. The topological polar surface area (TPSA) is 99.7 Å². The maximum Gasteiger partial charge on any atom is 0.333 e. The lowest BCUT2D eigenvalue weighted by atomic mass is 9.77. The highest BCUT2D eigenvalue weighted by molar-refractivity contribution is 6.01. The van der Waals surface area contributed by atoms with Crippen molar-refractivity contribution in [2.45, 2.75) is 26.8 Å². The molecule has 0 radical (unpaired) electrons. The Hall–Kier alpha value is -3.09. The largest absolute Gasteiger partial charge is 0.333 e. The van der Waals surface area contributed by atoms with E-state index in [-0.39, 0.29) is 17.8 Å². The van der Waals surface area contributed by atoms with Crippen molar-refractivity contribution < 1.29 is 13.6 Å².